The van der Waals surface area contributed by atoms with E-state index in [9.17, 15) is 4.79 Å². The van der Waals surface area contributed by atoms with Crippen molar-refractivity contribution in [1.29, 1.82) is 0 Å². The van der Waals surface area contributed by atoms with Gasteiger partial charge in [0.25, 0.3) is 5.91 Å². The van der Waals surface area contributed by atoms with Crippen LogP contribution in [-0.2, 0) is 13.5 Å². The highest BCUT2D eigenvalue weighted by atomic mass is 16.1. The van der Waals surface area contributed by atoms with Crippen LogP contribution < -0.4 is 5.32 Å². The van der Waals surface area contributed by atoms with E-state index in [1.54, 1.807) is 0 Å². The highest BCUT2D eigenvalue weighted by molar-refractivity contribution is 6.10. The summed E-state index contributed by atoms with van der Waals surface area (Å²) in [5.74, 6) is 0.892. The monoisotopic (exact) mass is 329 g/mol. The summed E-state index contributed by atoms with van der Waals surface area (Å²) in [6.45, 7) is 2.08. The molecular weight excluding hydrogens is 310 g/mol. The molecule has 0 aliphatic carbocycles. The summed E-state index contributed by atoms with van der Waals surface area (Å²) in [5, 5.41) is 5.17. The van der Waals surface area contributed by atoms with Gasteiger partial charge in [0.2, 0.25) is 0 Å². The molecule has 3 aromatic carbocycles. The van der Waals surface area contributed by atoms with Crippen LogP contribution in [0.4, 0.5) is 5.69 Å². The first-order valence-corrected chi connectivity index (χ1v) is 8.42. The van der Waals surface area contributed by atoms with E-state index >= 15 is 0 Å². The fraction of sp³-hybridized carbons (Fsp3) is 0.143. The number of fused-ring (bicyclic) bond motifs is 2. The van der Waals surface area contributed by atoms with Crippen molar-refractivity contribution in [2.24, 2.45) is 7.05 Å². The molecule has 0 aliphatic heterocycles. The largest absolute Gasteiger partial charge is 0.331 e. The van der Waals surface area contributed by atoms with Crippen LogP contribution in [0.3, 0.4) is 0 Å². The number of carbonyl (C=O) groups is 1. The number of aryl methyl sites for hydroxylation is 2. The van der Waals surface area contributed by atoms with Gasteiger partial charge >= 0.3 is 0 Å². The first kappa shape index (κ1) is 15.4. The van der Waals surface area contributed by atoms with Crippen LogP contribution in [0.25, 0.3) is 21.8 Å². The molecule has 124 valence electrons. The van der Waals surface area contributed by atoms with Crippen molar-refractivity contribution >= 4 is 33.4 Å². The van der Waals surface area contributed by atoms with Gasteiger partial charge in [-0.15, -0.1) is 0 Å². The third-order valence-corrected chi connectivity index (χ3v) is 4.59. The molecular formula is C21H19N3O. The zero-order valence-electron chi connectivity index (χ0n) is 14.3. The van der Waals surface area contributed by atoms with Gasteiger partial charge in [-0.2, -0.15) is 0 Å². The summed E-state index contributed by atoms with van der Waals surface area (Å²) in [7, 11) is 2.00. The van der Waals surface area contributed by atoms with E-state index in [1.165, 1.54) is 0 Å². The van der Waals surface area contributed by atoms with E-state index in [-0.39, 0.29) is 5.91 Å². The molecule has 0 radical (unpaired) electrons. The fourth-order valence-electron chi connectivity index (χ4n) is 3.24. The maximum absolute atomic E-state index is 12.7. The average Bonchev–Trinajstić information content (AvgIpc) is 2.97. The Kier molecular flexibility index (Phi) is 3.73. The molecule has 0 saturated carbocycles. The number of anilines is 1. The zero-order chi connectivity index (χ0) is 17.4. The summed E-state index contributed by atoms with van der Waals surface area (Å²) in [4.78, 5) is 17.3. The first-order valence-electron chi connectivity index (χ1n) is 8.42. The summed E-state index contributed by atoms with van der Waals surface area (Å²) >= 11 is 0. The Balaban J connectivity index is 1.70. The molecule has 25 heavy (non-hydrogen) atoms. The summed E-state index contributed by atoms with van der Waals surface area (Å²) in [5.41, 5.74) is 3.32. The quantitative estimate of drug-likeness (QED) is 0.600. The zero-order valence-corrected chi connectivity index (χ0v) is 14.3. The summed E-state index contributed by atoms with van der Waals surface area (Å²) in [6.07, 6.45) is 0.864. The smallest absolute Gasteiger partial charge is 0.255 e. The van der Waals surface area contributed by atoms with Crippen LogP contribution in [0.15, 0.2) is 60.7 Å². The van der Waals surface area contributed by atoms with Gasteiger partial charge in [0.05, 0.1) is 11.0 Å². The lowest BCUT2D eigenvalue weighted by Crippen LogP contribution is -2.12. The molecule has 1 heterocycles. The fourth-order valence-corrected chi connectivity index (χ4v) is 3.24. The van der Waals surface area contributed by atoms with Crippen LogP contribution in [-0.4, -0.2) is 15.5 Å². The second-order valence-electron chi connectivity index (χ2n) is 6.12. The van der Waals surface area contributed by atoms with Gasteiger partial charge in [0.15, 0.2) is 0 Å². The van der Waals surface area contributed by atoms with E-state index < -0.39 is 0 Å². The Hall–Kier alpha value is -3.14. The summed E-state index contributed by atoms with van der Waals surface area (Å²) in [6, 6.07) is 19.6. The van der Waals surface area contributed by atoms with Crippen molar-refractivity contribution in [1.82, 2.24) is 9.55 Å². The van der Waals surface area contributed by atoms with Gasteiger partial charge in [-0.1, -0.05) is 43.3 Å². The van der Waals surface area contributed by atoms with Gasteiger partial charge in [0, 0.05) is 30.1 Å². The van der Waals surface area contributed by atoms with E-state index in [0.29, 0.717) is 5.56 Å². The number of benzene rings is 3. The number of hydrogen-bond donors (Lipinski definition) is 1. The van der Waals surface area contributed by atoms with Crippen LogP contribution in [0.5, 0.6) is 0 Å². The molecule has 1 aromatic heterocycles. The van der Waals surface area contributed by atoms with Gasteiger partial charge < -0.3 is 9.88 Å². The molecule has 0 unspecified atom stereocenters. The molecule has 0 bridgehead atoms. The maximum Gasteiger partial charge on any atom is 0.255 e. The van der Waals surface area contributed by atoms with Crippen molar-refractivity contribution in [3.63, 3.8) is 0 Å². The number of hydrogen-bond acceptors (Lipinski definition) is 2. The molecule has 4 nitrogen and oxygen atoms in total. The number of rotatable bonds is 3. The van der Waals surface area contributed by atoms with Crippen molar-refractivity contribution in [2.45, 2.75) is 13.3 Å². The Morgan fingerprint density at radius 1 is 1.08 bits per heavy atom. The lowest BCUT2D eigenvalue weighted by atomic mass is 10.1. The highest BCUT2D eigenvalue weighted by Gasteiger charge is 2.12. The van der Waals surface area contributed by atoms with Crippen molar-refractivity contribution in [3.05, 3.63) is 72.1 Å². The minimum absolute atomic E-state index is 0.123. The van der Waals surface area contributed by atoms with Crippen LogP contribution in [0.2, 0.25) is 0 Å². The third-order valence-electron chi connectivity index (χ3n) is 4.59. The van der Waals surface area contributed by atoms with Crippen molar-refractivity contribution < 1.29 is 4.79 Å². The Labute approximate surface area is 146 Å². The SMILES string of the molecule is CCc1nc2cc(C(=O)Nc3cccc4ccccc34)ccc2n1C. The molecule has 4 heteroatoms. The van der Waals surface area contributed by atoms with Gasteiger partial charge in [0.1, 0.15) is 5.82 Å². The molecule has 0 atom stereocenters. The second kappa shape index (κ2) is 6.06. The molecule has 0 spiro atoms. The first-order chi connectivity index (χ1) is 12.2. The topological polar surface area (TPSA) is 46.9 Å². The van der Waals surface area contributed by atoms with Gasteiger partial charge in [-0.05, 0) is 29.7 Å². The number of aromatic nitrogens is 2. The molecule has 1 amide bonds. The van der Waals surface area contributed by atoms with E-state index in [1.807, 2.05) is 67.7 Å². The van der Waals surface area contributed by atoms with Gasteiger partial charge in [-0.3, -0.25) is 4.79 Å². The third kappa shape index (κ3) is 2.66. The average molecular weight is 329 g/mol. The lowest BCUT2D eigenvalue weighted by molar-refractivity contribution is 0.102. The second-order valence-corrected chi connectivity index (χ2v) is 6.12. The number of imidazole rings is 1. The number of carbonyl (C=O) groups excluding carboxylic acids is 1. The molecule has 0 aliphatic rings. The van der Waals surface area contributed by atoms with Crippen molar-refractivity contribution in [3.8, 4) is 0 Å². The maximum atomic E-state index is 12.7. The number of nitrogens with one attached hydrogen (secondary N) is 1. The normalized spacial score (nSPS) is 11.1. The Morgan fingerprint density at radius 2 is 1.88 bits per heavy atom. The predicted octanol–water partition coefficient (Wildman–Crippen LogP) is 4.54. The summed E-state index contributed by atoms with van der Waals surface area (Å²) < 4.78 is 2.07. The van der Waals surface area contributed by atoms with Crippen LogP contribution in [0.1, 0.15) is 23.1 Å². The lowest BCUT2D eigenvalue weighted by Gasteiger charge is -2.09. The predicted molar refractivity (Wildman–Crippen MR) is 102 cm³/mol. The number of nitrogens with zero attached hydrogens (tertiary/aromatic N) is 2. The standard InChI is InChI=1S/C21H19N3O/c1-3-20-22-18-13-15(11-12-19(18)24(20)2)21(25)23-17-10-6-8-14-7-4-5-9-16(14)17/h4-13H,3H2,1-2H3,(H,23,25). The molecule has 4 rings (SSSR count). The van der Waals surface area contributed by atoms with E-state index in [2.05, 4.69) is 21.8 Å². The minimum atomic E-state index is -0.123. The van der Waals surface area contributed by atoms with Crippen LogP contribution >= 0.6 is 0 Å². The van der Waals surface area contributed by atoms with Crippen LogP contribution in [0, 0.1) is 0 Å². The van der Waals surface area contributed by atoms with E-state index in [4.69, 9.17) is 0 Å². The Bertz CT molecular complexity index is 1090. The van der Waals surface area contributed by atoms with Gasteiger partial charge in [-0.25, -0.2) is 4.98 Å². The Morgan fingerprint density at radius 3 is 2.72 bits per heavy atom. The highest BCUT2D eigenvalue weighted by Crippen LogP contribution is 2.24. The minimum Gasteiger partial charge on any atom is -0.331 e. The number of amides is 1. The molecule has 0 fully saturated rings. The van der Waals surface area contributed by atoms with Crippen molar-refractivity contribution in [2.75, 3.05) is 5.32 Å². The molecule has 4 aromatic rings. The van der Waals surface area contributed by atoms with E-state index in [0.717, 1.165) is 39.7 Å². The molecule has 1 N–H and O–H groups in total. The molecule has 0 saturated heterocycles.